The molecule has 0 aliphatic carbocycles. The molecule has 0 amide bonds. The highest BCUT2D eigenvalue weighted by atomic mass is 15.4. The SMILES string of the molecule is CC1CC(N(C#N)C#N)=NN=N1. The maximum absolute atomic E-state index is 8.46. The van der Waals surface area contributed by atoms with Crippen LogP contribution in [0.3, 0.4) is 0 Å². The number of amidine groups is 1. The van der Waals surface area contributed by atoms with Crippen molar-refractivity contribution in [3.05, 3.63) is 0 Å². The summed E-state index contributed by atoms with van der Waals surface area (Å²) < 4.78 is 0. The van der Waals surface area contributed by atoms with Gasteiger partial charge < -0.3 is 0 Å². The minimum atomic E-state index is -0.0123. The normalized spacial score (nSPS) is 20.6. The molecule has 0 saturated heterocycles. The van der Waals surface area contributed by atoms with Gasteiger partial charge in [-0.3, -0.25) is 0 Å². The van der Waals surface area contributed by atoms with E-state index in [1.54, 1.807) is 12.4 Å². The number of hydrogen-bond acceptors (Lipinski definition) is 6. The molecular formula is C6H6N6. The lowest BCUT2D eigenvalue weighted by Crippen LogP contribution is -2.25. The molecule has 1 atom stereocenters. The van der Waals surface area contributed by atoms with Crippen molar-refractivity contribution in [3.63, 3.8) is 0 Å². The number of nitriles is 2. The molecule has 0 N–H and O–H groups in total. The monoisotopic (exact) mass is 162 g/mol. The first-order chi connectivity index (χ1) is 5.77. The Bertz CT molecular complexity index is 289. The van der Waals surface area contributed by atoms with Gasteiger partial charge in [0, 0.05) is 6.42 Å². The zero-order valence-electron chi connectivity index (χ0n) is 6.47. The number of hydrogen-bond donors (Lipinski definition) is 0. The third-order valence-corrected chi connectivity index (χ3v) is 1.35. The molecule has 12 heavy (non-hydrogen) atoms. The van der Waals surface area contributed by atoms with E-state index in [0.29, 0.717) is 12.3 Å². The summed E-state index contributed by atoms with van der Waals surface area (Å²) in [5.41, 5.74) is 0. The molecule has 1 unspecified atom stereocenters. The van der Waals surface area contributed by atoms with Crippen LogP contribution in [0.5, 0.6) is 0 Å². The molecule has 0 spiro atoms. The summed E-state index contributed by atoms with van der Waals surface area (Å²) in [7, 11) is 0. The minimum Gasteiger partial charge on any atom is -0.171 e. The lowest BCUT2D eigenvalue weighted by Gasteiger charge is -2.12. The lowest BCUT2D eigenvalue weighted by atomic mass is 10.2. The Balaban J connectivity index is 2.78. The topological polar surface area (TPSA) is 87.9 Å². The van der Waals surface area contributed by atoms with Gasteiger partial charge in [-0.2, -0.15) is 20.5 Å². The molecule has 0 aromatic carbocycles. The van der Waals surface area contributed by atoms with Gasteiger partial charge in [0.25, 0.3) is 0 Å². The Morgan fingerprint density at radius 1 is 1.50 bits per heavy atom. The Morgan fingerprint density at radius 3 is 2.67 bits per heavy atom. The fourth-order valence-corrected chi connectivity index (χ4v) is 0.785. The maximum Gasteiger partial charge on any atom is 0.200 e. The fourth-order valence-electron chi connectivity index (χ4n) is 0.785. The van der Waals surface area contributed by atoms with E-state index in [-0.39, 0.29) is 6.04 Å². The Morgan fingerprint density at radius 2 is 2.17 bits per heavy atom. The molecule has 0 radical (unpaired) electrons. The average molecular weight is 162 g/mol. The summed E-state index contributed by atoms with van der Waals surface area (Å²) >= 11 is 0. The minimum absolute atomic E-state index is 0.0123. The molecule has 0 aromatic heterocycles. The maximum atomic E-state index is 8.46. The first-order valence-electron chi connectivity index (χ1n) is 3.34. The molecule has 0 fully saturated rings. The van der Waals surface area contributed by atoms with Crippen molar-refractivity contribution in [1.82, 2.24) is 4.90 Å². The van der Waals surface area contributed by atoms with Crippen LogP contribution in [0.15, 0.2) is 15.4 Å². The molecule has 1 rings (SSSR count). The Hall–Kier alpha value is -1.95. The molecule has 0 saturated carbocycles. The van der Waals surface area contributed by atoms with E-state index in [4.69, 9.17) is 10.5 Å². The van der Waals surface area contributed by atoms with Crippen LogP contribution in [0.4, 0.5) is 0 Å². The van der Waals surface area contributed by atoms with Crippen LogP contribution < -0.4 is 0 Å². The van der Waals surface area contributed by atoms with Crippen molar-refractivity contribution < 1.29 is 0 Å². The van der Waals surface area contributed by atoms with Crippen molar-refractivity contribution in [2.75, 3.05) is 0 Å². The molecule has 1 heterocycles. The van der Waals surface area contributed by atoms with Crippen molar-refractivity contribution in [3.8, 4) is 12.4 Å². The predicted molar refractivity (Wildman–Crippen MR) is 39.4 cm³/mol. The highest BCUT2D eigenvalue weighted by Gasteiger charge is 2.16. The van der Waals surface area contributed by atoms with Gasteiger partial charge in [0.05, 0.1) is 6.04 Å². The third kappa shape index (κ3) is 1.55. The van der Waals surface area contributed by atoms with Crippen LogP contribution in [0.2, 0.25) is 0 Å². The summed E-state index contributed by atoms with van der Waals surface area (Å²) in [5, 5.41) is 27.7. The lowest BCUT2D eigenvalue weighted by molar-refractivity contribution is 0.631. The van der Waals surface area contributed by atoms with Crippen molar-refractivity contribution in [1.29, 1.82) is 10.5 Å². The first-order valence-corrected chi connectivity index (χ1v) is 3.34. The second-order valence-corrected chi connectivity index (χ2v) is 2.31. The van der Waals surface area contributed by atoms with Crippen LogP contribution in [0.1, 0.15) is 13.3 Å². The summed E-state index contributed by atoms with van der Waals surface area (Å²) in [6.07, 6.45) is 3.84. The average Bonchev–Trinajstić information content (AvgIpc) is 2.07. The van der Waals surface area contributed by atoms with Crippen LogP contribution in [-0.4, -0.2) is 16.8 Å². The van der Waals surface area contributed by atoms with E-state index >= 15 is 0 Å². The molecule has 0 aromatic rings. The van der Waals surface area contributed by atoms with Gasteiger partial charge in [-0.05, 0) is 12.1 Å². The van der Waals surface area contributed by atoms with Crippen LogP contribution in [0.25, 0.3) is 0 Å². The third-order valence-electron chi connectivity index (χ3n) is 1.35. The summed E-state index contributed by atoms with van der Waals surface area (Å²) in [5.74, 6) is 0.350. The number of nitrogens with zero attached hydrogens (tertiary/aromatic N) is 6. The van der Waals surface area contributed by atoms with Crippen LogP contribution in [-0.2, 0) is 0 Å². The molecule has 6 heteroatoms. The van der Waals surface area contributed by atoms with Gasteiger partial charge in [-0.25, -0.2) is 0 Å². The molecule has 60 valence electrons. The summed E-state index contributed by atoms with van der Waals surface area (Å²) in [6, 6.07) is -0.0123. The van der Waals surface area contributed by atoms with Gasteiger partial charge >= 0.3 is 0 Å². The first kappa shape index (κ1) is 8.15. The zero-order chi connectivity index (χ0) is 8.97. The van der Waals surface area contributed by atoms with E-state index in [9.17, 15) is 0 Å². The van der Waals surface area contributed by atoms with Gasteiger partial charge in [-0.15, -0.1) is 5.10 Å². The van der Waals surface area contributed by atoms with Crippen LogP contribution in [0, 0.1) is 22.9 Å². The summed E-state index contributed by atoms with van der Waals surface area (Å²) in [4.78, 5) is 0.828. The molecule has 1 aliphatic heterocycles. The Labute approximate surface area is 69.4 Å². The molecule has 0 bridgehead atoms. The van der Waals surface area contributed by atoms with Crippen molar-refractivity contribution in [2.24, 2.45) is 15.4 Å². The standard InChI is InChI=1S/C6H6N6/c1-5-2-6(10-11-9-5)12(3-7)4-8/h5H,2H2,1H3. The van der Waals surface area contributed by atoms with Crippen molar-refractivity contribution in [2.45, 2.75) is 19.4 Å². The zero-order valence-corrected chi connectivity index (χ0v) is 6.47. The van der Waals surface area contributed by atoms with Crippen LogP contribution >= 0.6 is 0 Å². The van der Waals surface area contributed by atoms with E-state index in [2.05, 4.69) is 15.4 Å². The van der Waals surface area contributed by atoms with Gasteiger partial charge in [0.15, 0.2) is 18.2 Å². The van der Waals surface area contributed by atoms with E-state index in [0.717, 1.165) is 4.90 Å². The van der Waals surface area contributed by atoms with E-state index in [1.165, 1.54) is 0 Å². The second-order valence-electron chi connectivity index (χ2n) is 2.31. The number of rotatable bonds is 0. The molecule has 1 aliphatic rings. The quantitative estimate of drug-likeness (QED) is 0.390. The summed E-state index contributed by atoms with van der Waals surface area (Å²) in [6.45, 7) is 1.84. The van der Waals surface area contributed by atoms with E-state index < -0.39 is 0 Å². The Kier molecular flexibility index (Phi) is 2.34. The highest BCUT2D eigenvalue weighted by molar-refractivity contribution is 5.85. The van der Waals surface area contributed by atoms with Gasteiger partial charge in [0.1, 0.15) is 0 Å². The predicted octanol–water partition coefficient (Wildman–Crippen LogP) is 0.808. The van der Waals surface area contributed by atoms with E-state index in [1.807, 2.05) is 6.92 Å². The largest absolute Gasteiger partial charge is 0.200 e. The molecule has 6 nitrogen and oxygen atoms in total. The van der Waals surface area contributed by atoms with Crippen molar-refractivity contribution >= 4 is 5.84 Å². The smallest absolute Gasteiger partial charge is 0.171 e. The van der Waals surface area contributed by atoms with Gasteiger partial charge in [-0.1, -0.05) is 0 Å². The highest BCUT2D eigenvalue weighted by Crippen LogP contribution is 2.08. The fraction of sp³-hybridized carbons (Fsp3) is 0.500. The molecular weight excluding hydrogens is 156 g/mol. The van der Waals surface area contributed by atoms with Gasteiger partial charge in [0.2, 0.25) is 0 Å². The second kappa shape index (κ2) is 3.44.